The second-order valence-electron chi connectivity index (χ2n) is 5.92. The monoisotopic (exact) mass is 361 g/mol. The van der Waals surface area contributed by atoms with Gasteiger partial charge in [-0.15, -0.1) is 0 Å². The average molecular weight is 361 g/mol. The van der Waals surface area contributed by atoms with Crippen molar-refractivity contribution in [2.24, 2.45) is 0 Å². The predicted octanol–water partition coefficient (Wildman–Crippen LogP) is 1.91. The summed E-state index contributed by atoms with van der Waals surface area (Å²) in [5.41, 5.74) is 2.53. The number of rotatable bonds is 8. The molecule has 0 aliphatic rings. The van der Waals surface area contributed by atoms with Gasteiger partial charge in [0.05, 0.1) is 11.9 Å². The van der Waals surface area contributed by atoms with Gasteiger partial charge in [0, 0.05) is 18.9 Å². The van der Waals surface area contributed by atoms with Crippen molar-refractivity contribution in [3.8, 4) is 0 Å². The van der Waals surface area contributed by atoms with E-state index < -0.39 is 10.0 Å². The first-order chi connectivity index (χ1) is 11.9. The van der Waals surface area contributed by atoms with Crippen LogP contribution in [0.1, 0.15) is 17.5 Å². The van der Waals surface area contributed by atoms with Gasteiger partial charge in [-0.1, -0.05) is 18.2 Å². The van der Waals surface area contributed by atoms with Crippen LogP contribution in [0.5, 0.6) is 0 Å². The summed E-state index contributed by atoms with van der Waals surface area (Å²) >= 11 is 0. The van der Waals surface area contributed by atoms with Gasteiger partial charge in [0.15, 0.2) is 0 Å². The van der Waals surface area contributed by atoms with Crippen molar-refractivity contribution < 1.29 is 13.2 Å². The number of nitrogens with zero attached hydrogens (tertiary/aromatic N) is 2. The summed E-state index contributed by atoms with van der Waals surface area (Å²) in [6.07, 6.45) is 6.19. The van der Waals surface area contributed by atoms with E-state index in [0.717, 1.165) is 34.5 Å². The molecule has 2 rings (SSSR count). The van der Waals surface area contributed by atoms with E-state index in [1.165, 1.54) is 0 Å². The van der Waals surface area contributed by atoms with E-state index in [9.17, 15) is 13.2 Å². The molecule has 0 aliphatic heterocycles. The Labute approximate surface area is 148 Å². The van der Waals surface area contributed by atoms with E-state index in [2.05, 4.69) is 10.3 Å². The van der Waals surface area contributed by atoms with Crippen molar-refractivity contribution in [3.63, 3.8) is 0 Å². The van der Waals surface area contributed by atoms with Crippen molar-refractivity contribution in [1.82, 2.24) is 10.3 Å². The third-order valence-corrected chi connectivity index (χ3v) is 4.80. The number of benzene rings is 1. The molecule has 7 heteroatoms. The Morgan fingerprint density at radius 3 is 2.68 bits per heavy atom. The highest BCUT2D eigenvalue weighted by Crippen LogP contribution is 2.18. The van der Waals surface area contributed by atoms with Gasteiger partial charge in [0.25, 0.3) is 0 Å². The summed E-state index contributed by atoms with van der Waals surface area (Å²) in [5.74, 6) is -0.321. The molecule has 0 fully saturated rings. The number of amides is 1. The van der Waals surface area contributed by atoms with Gasteiger partial charge in [-0.25, -0.2) is 8.42 Å². The number of carbonyl (C=O) groups excluding carboxylic acids is 1. The second kappa shape index (κ2) is 8.62. The lowest BCUT2D eigenvalue weighted by molar-refractivity contribution is -0.119. The van der Waals surface area contributed by atoms with E-state index in [1.54, 1.807) is 30.6 Å². The summed E-state index contributed by atoms with van der Waals surface area (Å²) in [4.78, 5) is 16.2. The molecule has 134 valence electrons. The molecule has 0 unspecified atom stereocenters. The number of hydrogen-bond donors (Lipinski definition) is 1. The lowest BCUT2D eigenvalue weighted by Crippen LogP contribution is -2.40. The largest absolute Gasteiger partial charge is 0.355 e. The maximum absolute atomic E-state index is 12.1. The Bertz CT molecular complexity index is 807. The Kier molecular flexibility index (Phi) is 6.52. The lowest BCUT2D eigenvalue weighted by atomic mass is 10.1. The molecule has 0 bridgehead atoms. The number of hydrogen-bond acceptors (Lipinski definition) is 4. The van der Waals surface area contributed by atoms with Crippen LogP contribution in [-0.4, -0.2) is 38.7 Å². The van der Waals surface area contributed by atoms with E-state index in [1.807, 2.05) is 25.1 Å². The highest BCUT2D eigenvalue weighted by Gasteiger charge is 2.20. The molecule has 0 atom stereocenters. The number of aromatic nitrogens is 1. The molecule has 1 N–H and O–H groups in total. The van der Waals surface area contributed by atoms with Gasteiger partial charge in [-0.05, 0) is 49.1 Å². The predicted molar refractivity (Wildman–Crippen MR) is 98.9 cm³/mol. The van der Waals surface area contributed by atoms with Crippen molar-refractivity contribution in [2.75, 3.05) is 23.7 Å². The smallest absolute Gasteiger partial charge is 0.240 e. The van der Waals surface area contributed by atoms with Gasteiger partial charge in [0.1, 0.15) is 6.54 Å². The van der Waals surface area contributed by atoms with Crippen molar-refractivity contribution in [2.45, 2.75) is 19.8 Å². The van der Waals surface area contributed by atoms with Crippen LogP contribution in [0, 0.1) is 6.92 Å². The van der Waals surface area contributed by atoms with Crippen molar-refractivity contribution >= 4 is 21.6 Å². The molecule has 1 aromatic heterocycles. The topological polar surface area (TPSA) is 79.4 Å². The minimum absolute atomic E-state index is 0.227. The SMILES string of the molecule is Cc1cccc(N(CC(=O)NCCCc2cccnc2)S(C)(=O)=O)c1. The molecule has 25 heavy (non-hydrogen) atoms. The van der Waals surface area contributed by atoms with E-state index >= 15 is 0 Å². The molecule has 6 nitrogen and oxygen atoms in total. The summed E-state index contributed by atoms with van der Waals surface area (Å²) in [5, 5.41) is 2.77. The van der Waals surface area contributed by atoms with Gasteiger partial charge in [0.2, 0.25) is 15.9 Å². The van der Waals surface area contributed by atoms with Crippen LogP contribution in [0.2, 0.25) is 0 Å². The maximum atomic E-state index is 12.1. The number of sulfonamides is 1. The Balaban J connectivity index is 1.89. The van der Waals surface area contributed by atoms with Gasteiger partial charge in [-0.2, -0.15) is 0 Å². The Morgan fingerprint density at radius 1 is 1.24 bits per heavy atom. The third kappa shape index (κ3) is 6.19. The van der Waals surface area contributed by atoms with E-state index in [-0.39, 0.29) is 12.5 Å². The zero-order valence-corrected chi connectivity index (χ0v) is 15.3. The fraction of sp³-hybridized carbons (Fsp3) is 0.333. The van der Waals surface area contributed by atoms with Gasteiger partial charge >= 0.3 is 0 Å². The molecular formula is C18H23N3O3S. The summed E-state index contributed by atoms with van der Waals surface area (Å²) < 4.78 is 25.2. The van der Waals surface area contributed by atoms with Gasteiger partial charge < -0.3 is 5.32 Å². The third-order valence-electron chi connectivity index (χ3n) is 3.66. The standard InChI is InChI=1S/C18H23N3O3S/c1-15-6-3-9-17(12-15)21(25(2,23)24)14-18(22)20-11-5-8-16-7-4-10-19-13-16/h3-4,6-7,9-10,12-13H,5,8,11,14H2,1-2H3,(H,20,22). The zero-order valence-electron chi connectivity index (χ0n) is 14.5. The molecule has 0 spiro atoms. The van der Waals surface area contributed by atoms with Crippen molar-refractivity contribution in [1.29, 1.82) is 0 Å². The maximum Gasteiger partial charge on any atom is 0.240 e. The number of pyridine rings is 1. The van der Waals surface area contributed by atoms with Crippen molar-refractivity contribution in [3.05, 3.63) is 59.9 Å². The number of carbonyl (C=O) groups is 1. The first-order valence-corrected chi connectivity index (χ1v) is 9.91. The molecule has 0 saturated carbocycles. The number of nitrogens with one attached hydrogen (secondary N) is 1. The highest BCUT2D eigenvalue weighted by atomic mass is 32.2. The first-order valence-electron chi connectivity index (χ1n) is 8.06. The highest BCUT2D eigenvalue weighted by molar-refractivity contribution is 7.92. The fourth-order valence-corrected chi connectivity index (χ4v) is 3.28. The van der Waals surface area contributed by atoms with Gasteiger partial charge in [-0.3, -0.25) is 14.1 Å². The number of anilines is 1. The number of aryl methyl sites for hydroxylation is 2. The molecule has 1 aromatic carbocycles. The van der Waals surface area contributed by atoms with Crippen LogP contribution < -0.4 is 9.62 Å². The summed E-state index contributed by atoms with van der Waals surface area (Å²) in [7, 11) is -3.54. The Hall–Kier alpha value is -2.41. The van der Waals surface area contributed by atoms with Crippen LogP contribution in [0.4, 0.5) is 5.69 Å². The fourth-order valence-electron chi connectivity index (χ4n) is 2.44. The summed E-state index contributed by atoms with van der Waals surface area (Å²) in [6, 6.07) is 10.9. The first kappa shape index (κ1) is 18.9. The quantitative estimate of drug-likeness (QED) is 0.729. The van der Waals surface area contributed by atoms with E-state index in [4.69, 9.17) is 0 Å². The molecular weight excluding hydrogens is 338 g/mol. The lowest BCUT2D eigenvalue weighted by Gasteiger charge is -2.22. The average Bonchev–Trinajstić information content (AvgIpc) is 2.56. The van der Waals surface area contributed by atoms with Crippen LogP contribution in [0.25, 0.3) is 0 Å². The minimum Gasteiger partial charge on any atom is -0.355 e. The van der Waals surface area contributed by atoms with Crippen LogP contribution in [-0.2, 0) is 21.2 Å². The Morgan fingerprint density at radius 2 is 2.04 bits per heavy atom. The molecule has 0 aliphatic carbocycles. The van der Waals surface area contributed by atoms with Crippen LogP contribution in [0.15, 0.2) is 48.8 Å². The molecule has 1 heterocycles. The van der Waals surface area contributed by atoms with Crippen LogP contribution in [0.3, 0.4) is 0 Å². The minimum atomic E-state index is -3.54. The molecule has 1 amide bonds. The second-order valence-corrected chi connectivity index (χ2v) is 7.83. The zero-order chi connectivity index (χ0) is 18.3. The molecule has 0 saturated heterocycles. The molecule has 2 aromatic rings. The van der Waals surface area contributed by atoms with E-state index in [0.29, 0.717) is 12.2 Å². The molecule has 0 radical (unpaired) electrons. The van der Waals surface area contributed by atoms with Crippen LogP contribution >= 0.6 is 0 Å². The normalized spacial score (nSPS) is 11.1. The summed E-state index contributed by atoms with van der Waals surface area (Å²) in [6.45, 7) is 2.14.